The number of nitrogens with one attached hydrogen (secondary N) is 1. The largest absolute Gasteiger partial charge is 0.381 e. The molecule has 1 aliphatic rings. The van der Waals surface area contributed by atoms with Crippen molar-refractivity contribution in [2.45, 2.75) is 25.3 Å². The van der Waals surface area contributed by atoms with Gasteiger partial charge in [0.05, 0.1) is 12.0 Å². The zero-order valence-corrected chi connectivity index (χ0v) is 10.2. The van der Waals surface area contributed by atoms with Crippen molar-refractivity contribution in [3.63, 3.8) is 0 Å². The Morgan fingerprint density at radius 2 is 1.88 bits per heavy atom. The number of rotatable bonds is 2. The maximum absolute atomic E-state index is 8.98. The highest BCUT2D eigenvalue weighted by atomic mass is 35.5. The monoisotopic (exact) mass is 254 g/mol. The minimum absolute atomic E-state index is 0.0951. The third-order valence-corrected chi connectivity index (χ3v) is 3.33. The van der Waals surface area contributed by atoms with Crippen molar-refractivity contribution in [1.29, 1.82) is 5.26 Å². The average Bonchev–Trinajstić information content (AvgIpc) is 2.63. The van der Waals surface area contributed by atoms with Crippen LogP contribution in [0.15, 0.2) is 18.2 Å². The lowest BCUT2D eigenvalue weighted by Crippen LogP contribution is -2.22. The van der Waals surface area contributed by atoms with Gasteiger partial charge in [0.1, 0.15) is 0 Å². The number of nitriles is 1. The normalized spacial score (nSPS) is 24.1. The smallest absolute Gasteiger partial charge is 0.0677 e. The first-order valence-electron chi connectivity index (χ1n) is 5.31. The first-order valence-corrected chi connectivity index (χ1v) is 6.07. The van der Waals surface area contributed by atoms with Gasteiger partial charge in [-0.15, -0.1) is 0 Å². The van der Waals surface area contributed by atoms with Crippen molar-refractivity contribution in [3.8, 4) is 6.07 Å². The molecule has 0 radical (unpaired) electrons. The van der Waals surface area contributed by atoms with Crippen LogP contribution in [0.5, 0.6) is 0 Å². The van der Waals surface area contributed by atoms with E-state index in [1.54, 1.807) is 6.07 Å². The zero-order chi connectivity index (χ0) is 11.5. The Hall–Kier alpha value is -0.910. The molecule has 2 nitrogen and oxygen atoms in total. The van der Waals surface area contributed by atoms with E-state index in [4.69, 9.17) is 28.5 Å². The molecule has 0 spiro atoms. The first-order chi connectivity index (χ1) is 7.69. The van der Waals surface area contributed by atoms with E-state index in [1.807, 2.05) is 12.1 Å². The summed E-state index contributed by atoms with van der Waals surface area (Å²) in [7, 11) is 0. The van der Waals surface area contributed by atoms with Crippen molar-refractivity contribution < 1.29 is 0 Å². The molecule has 0 heterocycles. The molecule has 4 heteroatoms. The maximum atomic E-state index is 8.98. The Kier molecular flexibility index (Phi) is 3.58. The maximum Gasteiger partial charge on any atom is 0.0677 e. The molecule has 1 fully saturated rings. The van der Waals surface area contributed by atoms with Crippen LogP contribution in [0.1, 0.15) is 19.3 Å². The fourth-order valence-corrected chi connectivity index (χ4v) is 2.66. The molecule has 0 amide bonds. The molecule has 1 aromatic rings. The van der Waals surface area contributed by atoms with Crippen LogP contribution in [0.4, 0.5) is 5.69 Å². The van der Waals surface area contributed by atoms with Crippen LogP contribution in [-0.4, -0.2) is 6.04 Å². The predicted molar refractivity (Wildman–Crippen MR) is 66.8 cm³/mol. The van der Waals surface area contributed by atoms with Crippen LogP contribution in [0.3, 0.4) is 0 Å². The Morgan fingerprint density at radius 1 is 1.19 bits per heavy atom. The minimum Gasteiger partial charge on any atom is -0.381 e. The number of halogens is 2. The quantitative estimate of drug-likeness (QED) is 0.863. The Bertz CT molecular complexity index is 405. The summed E-state index contributed by atoms with van der Waals surface area (Å²) in [6.45, 7) is 0. The molecule has 2 unspecified atom stereocenters. The lowest BCUT2D eigenvalue weighted by atomic mass is 10.1. The van der Waals surface area contributed by atoms with E-state index in [-0.39, 0.29) is 12.0 Å². The summed E-state index contributed by atoms with van der Waals surface area (Å²) in [5.41, 5.74) is 0.893. The molecule has 2 atom stereocenters. The van der Waals surface area contributed by atoms with E-state index in [9.17, 15) is 0 Å². The number of hydrogen-bond donors (Lipinski definition) is 1. The predicted octanol–water partition coefficient (Wildman–Crippen LogP) is 4.10. The van der Waals surface area contributed by atoms with Gasteiger partial charge in [0, 0.05) is 21.8 Å². The third kappa shape index (κ3) is 2.61. The van der Waals surface area contributed by atoms with Crippen molar-refractivity contribution in [2.75, 3.05) is 5.32 Å². The van der Waals surface area contributed by atoms with Crippen LogP contribution in [0.2, 0.25) is 10.0 Å². The van der Waals surface area contributed by atoms with E-state index in [1.165, 1.54) is 0 Å². The molecule has 84 valence electrons. The number of nitrogens with zero attached hydrogens (tertiary/aromatic N) is 1. The van der Waals surface area contributed by atoms with Gasteiger partial charge in [-0.05, 0) is 37.5 Å². The van der Waals surface area contributed by atoms with Gasteiger partial charge in [0.15, 0.2) is 0 Å². The fourth-order valence-electron chi connectivity index (χ4n) is 2.14. The van der Waals surface area contributed by atoms with Gasteiger partial charge >= 0.3 is 0 Å². The van der Waals surface area contributed by atoms with Gasteiger partial charge in [-0.25, -0.2) is 0 Å². The molecule has 2 rings (SSSR count). The molecule has 0 saturated heterocycles. The van der Waals surface area contributed by atoms with Crippen molar-refractivity contribution in [1.82, 2.24) is 0 Å². The van der Waals surface area contributed by atoms with Gasteiger partial charge < -0.3 is 5.32 Å². The fraction of sp³-hybridized carbons (Fsp3) is 0.417. The highest BCUT2D eigenvalue weighted by molar-refractivity contribution is 6.35. The number of anilines is 1. The van der Waals surface area contributed by atoms with Crippen molar-refractivity contribution in [2.24, 2.45) is 5.92 Å². The van der Waals surface area contributed by atoms with E-state index >= 15 is 0 Å². The van der Waals surface area contributed by atoms with Gasteiger partial charge in [-0.2, -0.15) is 5.26 Å². The second-order valence-corrected chi connectivity index (χ2v) is 4.95. The van der Waals surface area contributed by atoms with Crippen molar-refractivity contribution >= 4 is 28.9 Å². The van der Waals surface area contributed by atoms with Gasteiger partial charge in [0.25, 0.3) is 0 Å². The zero-order valence-electron chi connectivity index (χ0n) is 8.71. The second-order valence-electron chi connectivity index (χ2n) is 4.08. The Balaban J connectivity index is 2.12. The minimum atomic E-state index is 0.0951. The summed E-state index contributed by atoms with van der Waals surface area (Å²) in [5, 5.41) is 13.5. The molecule has 16 heavy (non-hydrogen) atoms. The summed E-state index contributed by atoms with van der Waals surface area (Å²) in [6, 6.07) is 7.92. The second kappa shape index (κ2) is 4.95. The molecular formula is C12H12Cl2N2. The standard InChI is InChI=1S/C12H12Cl2N2/c13-9-4-10(14)6-11(5-9)16-12-3-1-2-8(12)7-15/h4-6,8,12,16H,1-3H2. The lowest BCUT2D eigenvalue weighted by Gasteiger charge is -2.17. The number of benzene rings is 1. The summed E-state index contributed by atoms with van der Waals surface area (Å²) >= 11 is 11.8. The van der Waals surface area contributed by atoms with Gasteiger partial charge in [0.2, 0.25) is 0 Å². The Labute approximate surface area is 105 Å². The third-order valence-electron chi connectivity index (χ3n) is 2.90. The van der Waals surface area contributed by atoms with E-state index in [0.717, 1.165) is 24.9 Å². The highest BCUT2D eigenvalue weighted by Crippen LogP contribution is 2.30. The molecular weight excluding hydrogens is 243 g/mol. The van der Waals surface area contributed by atoms with E-state index in [2.05, 4.69) is 11.4 Å². The Morgan fingerprint density at radius 3 is 2.50 bits per heavy atom. The molecule has 1 aliphatic carbocycles. The topological polar surface area (TPSA) is 35.8 Å². The van der Waals surface area contributed by atoms with Crippen LogP contribution in [-0.2, 0) is 0 Å². The number of hydrogen-bond acceptors (Lipinski definition) is 2. The molecule has 0 aromatic heterocycles. The SMILES string of the molecule is N#CC1CCCC1Nc1cc(Cl)cc(Cl)c1. The van der Waals surface area contributed by atoms with Gasteiger partial charge in [-0.1, -0.05) is 23.2 Å². The molecule has 0 aliphatic heterocycles. The summed E-state index contributed by atoms with van der Waals surface area (Å²) in [6.07, 6.45) is 3.11. The van der Waals surface area contributed by atoms with E-state index < -0.39 is 0 Å². The molecule has 0 bridgehead atoms. The molecule has 1 aromatic carbocycles. The first kappa shape index (κ1) is 11.6. The van der Waals surface area contributed by atoms with Crippen LogP contribution < -0.4 is 5.32 Å². The van der Waals surface area contributed by atoms with Crippen LogP contribution >= 0.6 is 23.2 Å². The van der Waals surface area contributed by atoms with Crippen molar-refractivity contribution in [3.05, 3.63) is 28.2 Å². The van der Waals surface area contributed by atoms with Crippen LogP contribution in [0, 0.1) is 17.2 Å². The molecule has 1 N–H and O–H groups in total. The van der Waals surface area contributed by atoms with Crippen LogP contribution in [0.25, 0.3) is 0 Å². The summed E-state index contributed by atoms with van der Waals surface area (Å²) in [4.78, 5) is 0. The van der Waals surface area contributed by atoms with Gasteiger partial charge in [-0.3, -0.25) is 0 Å². The lowest BCUT2D eigenvalue weighted by molar-refractivity contribution is 0.630. The summed E-state index contributed by atoms with van der Waals surface area (Å²) < 4.78 is 0. The average molecular weight is 255 g/mol. The molecule has 1 saturated carbocycles. The van der Waals surface area contributed by atoms with E-state index in [0.29, 0.717) is 10.0 Å². The highest BCUT2D eigenvalue weighted by Gasteiger charge is 2.26. The summed E-state index contributed by atoms with van der Waals surface area (Å²) in [5.74, 6) is 0.0951.